The Balaban J connectivity index is 0.000000331. The maximum atomic E-state index is 14.6. The van der Waals surface area contributed by atoms with E-state index in [0.29, 0.717) is 94.6 Å². The molecule has 0 saturated heterocycles. The molecule has 0 heterocycles. The van der Waals surface area contributed by atoms with Gasteiger partial charge in [-0.3, -0.25) is 0 Å². The first-order valence-electron chi connectivity index (χ1n) is 37.7. The van der Waals surface area contributed by atoms with E-state index in [1.807, 2.05) is 97.0 Å². The second-order valence-corrected chi connectivity index (χ2v) is 30.1. The summed E-state index contributed by atoms with van der Waals surface area (Å²) < 4.78 is 87.1. The first-order chi connectivity index (χ1) is 48.1. The molecule has 576 valence electrons. The van der Waals surface area contributed by atoms with E-state index in [0.717, 1.165) is 112 Å². The molecule has 13 heteroatoms. The van der Waals surface area contributed by atoms with Gasteiger partial charge in [-0.25, -0.2) is 4.39 Å². The molecule has 2 fully saturated rings. The van der Waals surface area contributed by atoms with E-state index >= 15 is 0 Å². The molecule has 2 aliphatic carbocycles. The zero-order valence-electron chi connectivity index (χ0n) is 66.0. The van der Waals surface area contributed by atoms with Gasteiger partial charge < -0.3 is 56.8 Å². The molecule has 0 bridgehead atoms. The van der Waals surface area contributed by atoms with Crippen molar-refractivity contribution >= 4 is 0 Å². The summed E-state index contributed by atoms with van der Waals surface area (Å²) in [4.78, 5) is 0. The lowest BCUT2D eigenvalue weighted by Crippen LogP contribution is -2.27. The van der Waals surface area contributed by atoms with Gasteiger partial charge in [0.2, 0.25) is 0 Å². The van der Waals surface area contributed by atoms with E-state index in [1.165, 1.54) is 55.2 Å². The summed E-state index contributed by atoms with van der Waals surface area (Å²) in [5.41, 5.74) is 10.9. The quantitative estimate of drug-likeness (QED) is 0.0353. The van der Waals surface area contributed by atoms with E-state index in [-0.39, 0.29) is 32.5 Å². The van der Waals surface area contributed by atoms with Gasteiger partial charge >= 0.3 is 0 Å². The number of methoxy groups -OCH3 is 4. The molecular weight excluding hydrogens is 1290 g/mol. The van der Waals surface area contributed by atoms with Crippen molar-refractivity contribution in [1.29, 1.82) is 0 Å². The van der Waals surface area contributed by atoms with Crippen molar-refractivity contribution in [2.24, 2.45) is 0 Å². The van der Waals surface area contributed by atoms with E-state index in [9.17, 15) is 4.39 Å². The summed E-state index contributed by atoms with van der Waals surface area (Å²) in [5.74, 6) is 6.07. The molecule has 6 aromatic rings. The van der Waals surface area contributed by atoms with Gasteiger partial charge in [0.1, 0.15) is 79.8 Å². The predicted octanol–water partition coefficient (Wildman–Crippen LogP) is 24.1. The molecule has 0 aliphatic heterocycles. The lowest BCUT2D eigenvalue weighted by atomic mass is 9.84. The Bertz CT molecular complexity index is 3250. The van der Waals surface area contributed by atoms with Crippen molar-refractivity contribution < 1.29 is 61.2 Å². The van der Waals surface area contributed by atoms with Gasteiger partial charge in [-0.05, 0) is 220 Å². The summed E-state index contributed by atoms with van der Waals surface area (Å²) in [6, 6.07) is 37.0. The lowest BCUT2D eigenvalue weighted by Gasteiger charge is -2.32. The van der Waals surface area contributed by atoms with Crippen LogP contribution in [0.1, 0.15) is 293 Å². The Morgan fingerprint density at radius 2 is 0.757 bits per heavy atom. The zero-order chi connectivity index (χ0) is 73.9. The molecule has 5 atom stereocenters. The van der Waals surface area contributed by atoms with Crippen LogP contribution in [-0.2, 0) is 63.9 Å². The topological polar surface area (TPSA) is 111 Å². The van der Waals surface area contributed by atoms with Crippen molar-refractivity contribution in [1.82, 2.24) is 0 Å². The monoisotopic (exact) mass is 1430 g/mol. The Hall–Kier alpha value is -6.19. The Morgan fingerprint density at radius 1 is 0.417 bits per heavy atom. The van der Waals surface area contributed by atoms with Crippen molar-refractivity contribution in [2.45, 2.75) is 288 Å². The van der Waals surface area contributed by atoms with Crippen LogP contribution < -0.4 is 28.4 Å². The fourth-order valence-electron chi connectivity index (χ4n) is 12.6. The third-order valence-corrected chi connectivity index (χ3v) is 20.6. The molecule has 0 radical (unpaired) electrons. The Morgan fingerprint density at radius 3 is 1.10 bits per heavy atom. The lowest BCUT2D eigenvalue weighted by molar-refractivity contribution is 0.00819. The second-order valence-electron chi connectivity index (χ2n) is 30.1. The van der Waals surface area contributed by atoms with E-state index in [4.69, 9.17) is 56.8 Å². The van der Waals surface area contributed by atoms with Crippen LogP contribution in [0.3, 0.4) is 0 Å². The van der Waals surface area contributed by atoms with Crippen LogP contribution in [0.25, 0.3) is 0 Å². The zero-order valence-corrected chi connectivity index (χ0v) is 66.0. The smallest absolute Gasteiger partial charge is 0.133 e. The highest BCUT2D eigenvalue weighted by molar-refractivity contribution is 5.51. The van der Waals surface area contributed by atoms with Gasteiger partial charge in [0, 0.05) is 61.8 Å². The number of hydrogen-bond donors (Lipinski definition) is 0. The summed E-state index contributed by atoms with van der Waals surface area (Å²) in [5, 5.41) is 0. The SMILES string of the molecule is C.C.CCC(C)(F)c1ccc(OCCOc2c(COC3CCCCC3)cc(C(C)(C)C)cc2COC2CCCCC2)cc1.CCC(C)c1ccc(OCCOc2c(C(C)(C)OC)cc(C)cc2C(C)(C)OC)cc1.CCC(C)c1ccc(OCCOc2c(C(C)OC)cc(C)cc2C(C)OC)cc1. The number of halogens is 1. The largest absolute Gasteiger partial charge is 0.490 e. The molecular formula is C90H137FO12. The molecule has 0 amide bonds. The van der Waals surface area contributed by atoms with Gasteiger partial charge in [0.15, 0.2) is 0 Å². The van der Waals surface area contributed by atoms with Crippen LogP contribution in [0.2, 0.25) is 0 Å². The average molecular weight is 1430 g/mol. The van der Waals surface area contributed by atoms with E-state index < -0.39 is 16.9 Å². The minimum Gasteiger partial charge on any atom is -0.490 e. The van der Waals surface area contributed by atoms with Crippen molar-refractivity contribution in [3.05, 3.63) is 176 Å². The summed E-state index contributed by atoms with van der Waals surface area (Å²) >= 11 is 0. The minimum atomic E-state index is -1.33. The van der Waals surface area contributed by atoms with Crippen LogP contribution in [0.5, 0.6) is 34.5 Å². The summed E-state index contributed by atoms with van der Waals surface area (Å²) in [6.45, 7) is 39.2. The molecule has 2 saturated carbocycles. The first kappa shape index (κ1) is 89.2. The molecule has 103 heavy (non-hydrogen) atoms. The van der Waals surface area contributed by atoms with Gasteiger partial charge in [-0.1, -0.05) is 156 Å². The highest BCUT2D eigenvalue weighted by Crippen LogP contribution is 2.43. The molecule has 2 aliphatic rings. The standard InChI is InChI=1S/C36H53FO4.C27H40O4.C25H36O4.2CH4/c1-6-36(5,37)29-17-19-33(20-18-29)38-21-22-39-34-27(25-40-31-13-9-7-10-14-31)23-30(35(2,3)4)24-28(34)26-41-32-15-11-8-12-16-32;1-10-20(3)21-11-13-22(14-12-21)30-15-16-31-25-23(26(4,5)28-8)17-19(2)18-24(25)27(6,7)29-9;1-8-18(3)21-9-11-22(12-10-21)28-13-14-29-25-23(19(4)26-6)15-17(2)16-24(25)20(5)27-7;;/h17-20,23-24,31-32H,6-16,21-22,25-26H2,1-5H3;11-14,17-18,20H,10,15-16H2,1-9H3;9-12,15-16,18-20H,8,13-14H2,1-7H3;2*1H4. The predicted molar refractivity (Wildman–Crippen MR) is 424 cm³/mol. The average Bonchev–Trinajstić information content (AvgIpc) is 0.780. The van der Waals surface area contributed by atoms with Crippen LogP contribution in [-0.4, -0.2) is 80.3 Å². The Labute approximate surface area is 624 Å². The van der Waals surface area contributed by atoms with E-state index in [1.54, 1.807) is 35.4 Å². The number of rotatable bonds is 35. The van der Waals surface area contributed by atoms with Crippen molar-refractivity contribution in [3.8, 4) is 34.5 Å². The van der Waals surface area contributed by atoms with Gasteiger partial charge in [-0.15, -0.1) is 0 Å². The van der Waals surface area contributed by atoms with Crippen LogP contribution in [0.4, 0.5) is 4.39 Å². The molecule has 5 unspecified atom stereocenters. The number of ether oxygens (including phenoxy) is 12. The van der Waals surface area contributed by atoms with Crippen LogP contribution in [0.15, 0.2) is 109 Å². The summed E-state index contributed by atoms with van der Waals surface area (Å²) in [6.07, 6.45) is 15.4. The molecule has 12 nitrogen and oxygen atoms in total. The van der Waals surface area contributed by atoms with Gasteiger partial charge in [0.05, 0.1) is 48.8 Å². The van der Waals surface area contributed by atoms with E-state index in [2.05, 4.69) is 123 Å². The van der Waals surface area contributed by atoms with Crippen LogP contribution in [0, 0.1) is 13.8 Å². The Kier molecular flexibility index (Phi) is 37.6. The summed E-state index contributed by atoms with van der Waals surface area (Å²) in [7, 11) is 6.86. The highest BCUT2D eigenvalue weighted by Gasteiger charge is 2.33. The van der Waals surface area contributed by atoms with Crippen molar-refractivity contribution in [3.63, 3.8) is 0 Å². The minimum absolute atomic E-state index is 0. The number of alkyl halides is 1. The molecule has 8 rings (SSSR count). The first-order valence-corrected chi connectivity index (χ1v) is 37.7. The maximum absolute atomic E-state index is 14.6. The normalized spacial score (nSPS) is 15.4. The van der Waals surface area contributed by atoms with Crippen LogP contribution >= 0.6 is 0 Å². The van der Waals surface area contributed by atoms with Gasteiger partial charge in [-0.2, -0.15) is 0 Å². The highest BCUT2D eigenvalue weighted by atomic mass is 19.1. The van der Waals surface area contributed by atoms with Crippen molar-refractivity contribution in [2.75, 3.05) is 68.1 Å². The maximum Gasteiger partial charge on any atom is 0.133 e. The fourth-order valence-corrected chi connectivity index (χ4v) is 12.6. The molecule has 0 aromatic heterocycles. The molecule has 0 N–H and O–H groups in total. The third-order valence-electron chi connectivity index (χ3n) is 20.6. The fraction of sp³-hybridized carbons (Fsp3) is 0.600. The molecule has 6 aromatic carbocycles. The second kappa shape index (κ2) is 43.4. The molecule has 0 spiro atoms. The number of benzene rings is 6. The van der Waals surface area contributed by atoms with Gasteiger partial charge in [0.25, 0.3) is 0 Å². The third kappa shape index (κ3) is 27.3. The number of hydrogen-bond acceptors (Lipinski definition) is 12. The number of aryl methyl sites for hydroxylation is 2.